The summed E-state index contributed by atoms with van der Waals surface area (Å²) in [5.74, 6) is 0.897. The molecule has 90 valence electrons. The molecule has 0 spiro atoms. The van der Waals surface area contributed by atoms with Crippen LogP contribution in [0.2, 0.25) is 0 Å². The monoisotopic (exact) mass is 213 g/mol. The van der Waals surface area contributed by atoms with E-state index in [0.29, 0.717) is 6.04 Å². The average molecular weight is 213 g/mol. The molecule has 1 saturated heterocycles. The second kappa shape index (κ2) is 6.46. The molecule has 1 heterocycles. The van der Waals surface area contributed by atoms with E-state index in [1.807, 2.05) is 0 Å². The summed E-state index contributed by atoms with van der Waals surface area (Å²) in [6, 6.07) is 0.371. The van der Waals surface area contributed by atoms with Crippen molar-refractivity contribution in [1.82, 2.24) is 9.80 Å². The minimum atomic E-state index is 0.371. The Balaban J connectivity index is 2.18. The minimum Gasteiger partial charge on any atom is -0.327 e. The number of rotatable bonds is 5. The zero-order chi connectivity index (χ0) is 11.3. The van der Waals surface area contributed by atoms with Crippen LogP contribution in [0, 0.1) is 5.92 Å². The maximum absolute atomic E-state index is 5.97. The Morgan fingerprint density at radius 2 is 1.93 bits per heavy atom. The van der Waals surface area contributed by atoms with Crippen LogP contribution in [0.3, 0.4) is 0 Å². The number of hydrogen-bond donors (Lipinski definition) is 1. The highest BCUT2D eigenvalue weighted by Gasteiger charge is 2.20. The SMILES string of the molecule is CCC(N)CN1CCC(CN(C)C)CC1. The molecule has 0 aromatic carbocycles. The van der Waals surface area contributed by atoms with E-state index < -0.39 is 0 Å². The van der Waals surface area contributed by atoms with Crippen molar-refractivity contribution in [2.45, 2.75) is 32.2 Å². The molecule has 1 fully saturated rings. The summed E-state index contributed by atoms with van der Waals surface area (Å²) in [5, 5.41) is 0. The standard InChI is InChI=1S/C12H27N3/c1-4-12(13)10-15-7-5-11(6-8-15)9-14(2)3/h11-12H,4-10,13H2,1-3H3. The van der Waals surface area contributed by atoms with Crippen molar-refractivity contribution in [3.8, 4) is 0 Å². The number of hydrogen-bond acceptors (Lipinski definition) is 3. The van der Waals surface area contributed by atoms with Gasteiger partial charge in [-0.2, -0.15) is 0 Å². The van der Waals surface area contributed by atoms with Gasteiger partial charge in [0.15, 0.2) is 0 Å². The van der Waals surface area contributed by atoms with E-state index in [1.54, 1.807) is 0 Å². The zero-order valence-electron chi connectivity index (χ0n) is 10.6. The highest BCUT2D eigenvalue weighted by Crippen LogP contribution is 2.17. The van der Waals surface area contributed by atoms with E-state index in [2.05, 4.69) is 30.8 Å². The highest BCUT2D eigenvalue weighted by molar-refractivity contribution is 4.76. The molecule has 3 heteroatoms. The Kier molecular flexibility index (Phi) is 5.58. The molecule has 1 aliphatic rings. The van der Waals surface area contributed by atoms with Crippen molar-refractivity contribution in [2.75, 3.05) is 40.3 Å². The van der Waals surface area contributed by atoms with Crippen LogP contribution in [0.5, 0.6) is 0 Å². The van der Waals surface area contributed by atoms with Crippen LogP contribution >= 0.6 is 0 Å². The number of piperidine rings is 1. The summed E-state index contributed by atoms with van der Waals surface area (Å²) in [7, 11) is 4.33. The second-order valence-electron chi connectivity index (χ2n) is 5.17. The van der Waals surface area contributed by atoms with Crippen LogP contribution in [-0.4, -0.2) is 56.1 Å². The van der Waals surface area contributed by atoms with E-state index >= 15 is 0 Å². The lowest BCUT2D eigenvalue weighted by atomic mass is 9.96. The smallest absolute Gasteiger partial charge is 0.0165 e. The summed E-state index contributed by atoms with van der Waals surface area (Å²) < 4.78 is 0. The van der Waals surface area contributed by atoms with Gasteiger partial charge in [0.1, 0.15) is 0 Å². The predicted molar refractivity (Wildman–Crippen MR) is 66.0 cm³/mol. The molecule has 1 rings (SSSR count). The largest absolute Gasteiger partial charge is 0.327 e. The van der Waals surface area contributed by atoms with Crippen molar-refractivity contribution < 1.29 is 0 Å². The molecule has 1 atom stereocenters. The van der Waals surface area contributed by atoms with Crippen LogP contribution in [0.1, 0.15) is 26.2 Å². The van der Waals surface area contributed by atoms with Gasteiger partial charge < -0.3 is 15.5 Å². The molecule has 0 aromatic heterocycles. The Morgan fingerprint density at radius 1 is 1.33 bits per heavy atom. The third-order valence-electron chi connectivity index (χ3n) is 3.35. The normalized spacial score (nSPS) is 22.2. The first-order chi connectivity index (χ1) is 7.11. The summed E-state index contributed by atoms with van der Waals surface area (Å²) >= 11 is 0. The maximum atomic E-state index is 5.97. The molecule has 3 nitrogen and oxygen atoms in total. The van der Waals surface area contributed by atoms with Gasteiger partial charge in [0.2, 0.25) is 0 Å². The Hall–Kier alpha value is -0.120. The molecule has 0 radical (unpaired) electrons. The van der Waals surface area contributed by atoms with Gasteiger partial charge in [0.25, 0.3) is 0 Å². The fraction of sp³-hybridized carbons (Fsp3) is 1.00. The van der Waals surface area contributed by atoms with Crippen molar-refractivity contribution in [1.29, 1.82) is 0 Å². The summed E-state index contributed by atoms with van der Waals surface area (Å²) in [4.78, 5) is 4.83. The predicted octanol–water partition coefficient (Wildman–Crippen LogP) is 0.997. The van der Waals surface area contributed by atoms with Crippen LogP contribution in [0.4, 0.5) is 0 Å². The topological polar surface area (TPSA) is 32.5 Å². The molecule has 0 saturated carbocycles. The molecule has 1 unspecified atom stereocenters. The first kappa shape index (κ1) is 12.9. The van der Waals surface area contributed by atoms with E-state index in [0.717, 1.165) is 18.9 Å². The minimum absolute atomic E-state index is 0.371. The van der Waals surface area contributed by atoms with Gasteiger partial charge in [-0.25, -0.2) is 0 Å². The van der Waals surface area contributed by atoms with Gasteiger partial charge in [-0.3, -0.25) is 0 Å². The molecule has 0 amide bonds. The number of nitrogens with zero attached hydrogens (tertiary/aromatic N) is 2. The van der Waals surface area contributed by atoms with Gasteiger partial charge in [-0.05, 0) is 52.4 Å². The Morgan fingerprint density at radius 3 is 2.40 bits per heavy atom. The molecule has 15 heavy (non-hydrogen) atoms. The third kappa shape index (κ3) is 4.96. The quantitative estimate of drug-likeness (QED) is 0.739. The molecular weight excluding hydrogens is 186 g/mol. The van der Waals surface area contributed by atoms with Gasteiger partial charge >= 0.3 is 0 Å². The van der Waals surface area contributed by atoms with Crippen molar-refractivity contribution in [3.63, 3.8) is 0 Å². The van der Waals surface area contributed by atoms with Crippen molar-refractivity contribution in [2.24, 2.45) is 11.7 Å². The molecule has 2 N–H and O–H groups in total. The van der Waals surface area contributed by atoms with E-state index in [-0.39, 0.29) is 0 Å². The van der Waals surface area contributed by atoms with Gasteiger partial charge in [-0.1, -0.05) is 6.92 Å². The molecule has 0 aromatic rings. The van der Waals surface area contributed by atoms with E-state index in [9.17, 15) is 0 Å². The third-order valence-corrected chi connectivity index (χ3v) is 3.35. The Bertz CT molecular complexity index is 162. The Labute approximate surface area is 94.6 Å². The number of likely N-dealkylation sites (tertiary alicyclic amines) is 1. The zero-order valence-corrected chi connectivity index (χ0v) is 10.6. The summed E-state index contributed by atoms with van der Waals surface area (Å²) in [6.45, 7) is 6.99. The lowest BCUT2D eigenvalue weighted by Gasteiger charge is -2.34. The molecular formula is C12H27N3. The molecule has 1 aliphatic heterocycles. The average Bonchev–Trinajstić information content (AvgIpc) is 2.20. The molecule has 0 bridgehead atoms. The second-order valence-corrected chi connectivity index (χ2v) is 5.17. The number of nitrogens with two attached hydrogens (primary N) is 1. The van der Waals surface area contributed by atoms with Crippen LogP contribution in [-0.2, 0) is 0 Å². The highest BCUT2D eigenvalue weighted by atomic mass is 15.1. The summed E-state index contributed by atoms with van der Waals surface area (Å²) in [6.07, 6.45) is 3.78. The van der Waals surface area contributed by atoms with Gasteiger partial charge in [-0.15, -0.1) is 0 Å². The first-order valence-electron chi connectivity index (χ1n) is 6.24. The van der Waals surface area contributed by atoms with Gasteiger partial charge in [0.05, 0.1) is 0 Å². The maximum Gasteiger partial charge on any atom is 0.0165 e. The fourth-order valence-corrected chi connectivity index (χ4v) is 2.33. The van der Waals surface area contributed by atoms with Crippen LogP contribution < -0.4 is 5.73 Å². The van der Waals surface area contributed by atoms with E-state index in [1.165, 1.54) is 32.5 Å². The lowest BCUT2D eigenvalue weighted by molar-refractivity contribution is 0.155. The van der Waals surface area contributed by atoms with Crippen LogP contribution in [0.25, 0.3) is 0 Å². The molecule has 0 aliphatic carbocycles. The lowest BCUT2D eigenvalue weighted by Crippen LogP contribution is -2.43. The first-order valence-corrected chi connectivity index (χ1v) is 6.24. The van der Waals surface area contributed by atoms with Crippen LogP contribution in [0.15, 0.2) is 0 Å². The van der Waals surface area contributed by atoms with Gasteiger partial charge in [0, 0.05) is 19.1 Å². The fourth-order valence-electron chi connectivity index (χ4n) is 2.33. The van der Waals surface area contributed by atoms with Crippen molar-refractivity contribution >= 4 is 0 Å². The van der Waals surface area contributed by atoms with Crippen molar-refractivity contribution in [3.05, 3.63) is 0 Å². The summed E-state index contributed by atoms with van der Waals surface area (Å²) in [5.41, 5.74) is 5.97. The van der Waals surface area contributed by atoms with E-state index in [4.69, 9.17) is 5.73 Å².